The third-order valence-corrected chi connectivity index (χ3v) is 3.61. The minimum atomic E-state index is -0.131. The standard InChI is InChI=1S/C15H22N2O3/c1-10(2)12(7-16)15(18)17(3)8-11-4-5-13-14(6-11)20-9-19-13/h4-6,10,12H,7-9,16H2,1-3H3. The molecule has 2 N–H and O–H groups in total. The molecule has 0 fully saturated rings. The zero-order chi connectivity index (χ0) is 14.7. The first kappa shape index (κ1) is 14.7. The van der Waals surface area contributed by atoms with E-state index in [9.17, 15) is 4.79 Å². The molecule has 1 heterocycles. The summed E-state index contributed by atoms with van der Waals surface area (Å²) in [6.07, 6.45) is 0. The molecule has 1 aliphatic rings. The van der Waals surface area contributed by atoms with E-state index < -0.39 is 0 Å². The fourth-order valence-electron chi connectivity index (χ4n) is 2.33. The van der Waals surface area contributed by atoms with E-state index in [0.717, 1.165) is 17.1 Å². The van der Waals surface area contributed by atoms with Crippen molar-refractivity contribution in [3.8, 4) is 11.5 Å². The SMILES string of the molecule is CC(C)C(CN)C(=O)N(C)Cc1ccc2c(c1)OCO2. The minimum Gasteiger partial charge on any atom is -0.454 e. The molecule has 5 nitrogen and oxygen atoms in total. The largest absolute Gasteiger partial charge is 0.454 e. The van der Waals surface area contributed by atoms with Crippen molar-refractivity contribution < 1.29 is 14.3 Å². The summed E-state index contributed by atoms with van der Waals surface area (Å²) in [5, 5.41) is 0. The number of amides is 1. The molecule has 0 aromatic heterocycles. The topological polar surface area (TPSA) is 64.8 Å². The maximum Gasteiger partial charge on any atom is 0.231 e. The predicted molar refractivity (Wildman–Crippen MR) is 76.4 cm³/mol. The Labute approximate surface area is 119 Å². The van der Waals surface area contributed by atoms with Gasteiger partial charge in [0.1, 0.15) is 0 Å². The molecule has 1 amide bonds. The van der Waals surface area contributed by atoms with E-state index in [1.165, 1.54) is 0 Å². The Kier molecular flexibility index (Phi) is 4.49. The highest BCUT2D eigenvalue weighted by Crippen LogP contribution is 2.32. The third-order valence-electron chi connectivity index (χ3n) is 3.61. The van der Waals surface area contributed by atoms with E-state index in [1.807, 2.05) is 32.0 Å². The van der Waals surface area contributed by atoms with Crippen molar-refractivity contribution in [2.24, 2.45) is 17.6 Å². The lowest BCUT2D eigenvalue weighted by Crippen LogP contribution is -2.38. The van der Waals surface area contributed by atoms with Crippen LogP contribution in [0.5, 0.6) is 11.5 Å². The second-order valence-corrected chi connectivity index (χ2v) is 5.47. The molecular formula is C15H22N2O3. The zero-order valence-corrected chi connectivity index (χ0v) is 12.3. The summed E-state index contributed by atoms with van der Waals surface area (Å²) in [6, 6.07) is 5.74. The summed E-state index contributed by atoms with van der Waals surface area (Å²) in [5.41, 5.74) is 6.71. The number of fused-ring (bicyclic) bond motifs is 1. The summed E-state index contributed by atoms with van der Waals surface area (Å²) < 4.78 is 10.6. The Hall–Kier alpha value is -1.75. The fraction of sp³-hybridized carbons (Fsp3) is 0.533. The van der Waals surface area contributed by atoms with Crippen LogP contribution in [0.1, 0.15) is 19.4 Å². The van der Waals surface area contributed by atoms with Crippen LogP contribution >= 0.6 is 0 Å². The molecule has 1 aromatic rings. The Morgan fingerprint density at radius 1 is 1.35 bits per heavy atom. The van der Waals surface area contributed by atoms with Crippen LogP contribution in [0.15, 0.2) is 18.2 Å². The highest BCUT2D eigenvalue weighted by Gasteiger charge is 2.24. The lowest BCUT2D eigenvalue weighted by atomic mass is 9.94. The van der Waals surface area contributed by atoms with Gasteiger partial charge in [0.25, 0.3) is 0 Å². The smallest absolute Gasteiger partial charge is 0.231 e. The van der Waals surface area contributed by atoms with Gasteiger partial charge in [-0.05, 0) is 23.6 Å². The van der Waals surface area contributed by atoms with Crippen molar-refractivity contribution >= 4 is 5.91 Å². The van der Waals surface area contributed by atoms with Gasteiger partial charge in [-0.1, -0.05) is 19.9 Å². The molecule has 0 aliphatic carbocycles. The molecule has 2 rings (SSSR count). The van der Waals surface area contributed by atoms with E-state index in [4.69, 9.17) is 15.2 Å². The van der Waals surface area contributed by atoms with E-state index in [2.05, 4.69) is 0 Å². The van der Waals surface area contributed by atoms with E-state index in [1.54, 1.807) is 11.9 Å². The molecule has 0 radical (unpaired) electrons. The third kappa shape index (κ3) is 3.04. The molecule has 0 spiro atoms. The second kappa shape index (κ2) is 6.13. The first-order chi connectivity index (χ1) is 9.52. The van der Waals surface area contributed by atoms with Crippen LogP contribution in [0.25, 0.3) is 0 Å². The molecule has 1 unspecified atom stereocenters. The van der Waals surface area contributed by atoms with Crippen molar-refractivity contribution in [1.82, 2.24) is 4.90 Å². The average Bonchev–Trinajstić information content (AvgIpc) is 2.86. The van der Waals surface area contributed by atoms with Gasteiger partial charge in [-0.3, -0.25) is 4.79 Å². The maximum absolute atomic E-state index is 12.3. The van der Waals surface area contributed by atoms with E-state index >= 15 is 0 Å². The highest BCUT2D eigenvalue weighted by atomic mass is 16.7. The number of carbonyl (C=O) groups is 1. The molecule has 5 heteroatoms. The summed E-state index contributed by atoms with van der Waals surface area (Å²) in [4.78, 5) is 14.1. The molecule has 0 bridgehead atoms. The maximum atomic E-state index is 12.3. The van der Waals surface area contributed by atoms with Crippen LogP contribution in [0.4, 0.5) is 0 Å². The van der Waals surface area contributed by atoms with Gasteiger partial charge in [-0.25, -0.2) is 0 Å². The zero-order valence-electron chi connectivity index (χ0n) is 12.3. The number of benzene rings is 1. The number of ether oxygens (including phenoxy) is 2. The Balaban J connectivity index is 2.04. The number of hydrogen-bond donors (Lipinski definition) is 1. The number of carbonyl (C=O) groups excluding carboxylic acids is 1. The van der Waals surface area contributed by atoms with Crippen LogP contribution in [0.3, 0.4) is 0 Å². The number of nitrogens with two attached hydrogens (primary N) is 1. The average molecular weight is 278 g/mol. The molecule has 110 valence electrons. The van der Waals surface area contributed by atoms with E-state index in [-0.39, 0.29) is 24.5 Å². The van der Waals surface area contributed by atoms with Crippen molar-refractivity contribution in [3.63, 3.8) is 0 Å². The number of rotatable bonds is 5. The Morgan fingerprint density at radius 3 is 2.70 bits per heavy atom. The first-order valence-corrected chi connectivity index (χ1v) is 6.86. The molecule has 1 atom stereocenters. The van der Waals surface area contributed by atoms with Crippen molar-refractivity contribution in [1.29, 1.82) is 0 Å². The van der Waals surface area contributed by atoms with Crippen LogP contribution < -0.4 is 15.2 Å². The Bertz CT molecular complexity index is 488. The predicted octanol–water partition coefficient (Wildman–Crippen LogP) is 1.60. The summed E-state index contributed by atoms with van der Waals surface area (Å²) in [5.74, 6) is 1.69. The van der Waals surface area contributed by atoms with Gasteiger partial charge in [0.05, 0.1) is 5.92 Å². The van der Waals surface area contributed by atoms with Gasteiger partial charge >= 0.3 is 0 Å². The van der Waals surface area contributed by atoms with Crippen LogP contribution in [0, 0.1) is 11.8 Å². The monoisotopic (exact) mass is 278 g/mol. The number of nitrogens with zero attached hydrogens (tertiary/aromatic N) is 1. The first-order valence-electron chi connectivity index (χ1n) is 6.86. The van der Waals surface area contributed by atoms with Gasteiger partial charge in [0.2, 0.25) is 12.7 Å². The lowest BCUT2D eigenvalue weighted by molar-refractivity contribution is -0.135. The number of hydrogen-bond acceptors (Lipinski definition) is 4. The van der Waals surface area contributed by atoms with Crippen LogP contribution in [-0.2, 0) is 11.3 Å². The lowest BCUT2D eigenvalue weighted by Gasteiger charge is -2.25. The summed E-state index contributed by atoms with van der Waals surface area (Å²) >= 11 is 0. The molecular weight excluding hydrogens is 256 g/mol. The molecule has 0 saturated carbocycles. The fourth-order valence-corrected chi connectivity index (χ4v) is 2.33. The molecule has 1 aliphatic heterocycles. The van der Waals surface area contributed by atoms with Crippen molar-refractivity contribution in [2.45, 2.75) is 20.4 Å². The second-order valence-electron chi connectivity index (χ2n) is 5.47. The van der Waals surface area contributed by atoms with E-state index in [0.29, 0.717) is 13.1 Å². The Morgan fingerprint density at radius 2 is 2.05 bits per heavy atom. The van der Waals surface area contributed by atoms with Crippen molar-refractivity contribution in [3.05, 3.63) is 23.8 Å². The summed E-state index contributed by atoms with van der Waals surface area (Å²) in [7, 11) is 1.80. The minimum absolute atomic E-state index is 0.0835. The van der Waals surface area contributed by atoms with Crippen LogP contribution in [0.2, 0.25) is 0 Å². The molecule has 1 aromatic carbocycles. The van der Waals surface area contributed by atoms with Gasteiger partial charge in [0, 0.05) is 20.1 Å². The van der Waals surface area contributed by atoms with Gasteiger partial charge in [-0.2, -0.15) is 0 Å². The normalized spacial score (nSPS) is 14.4. The van der Waals surface area contributed by atoms with Gasteiger partial charge < -0.3 is 20.1 Å². The van der Waals surface area contributed by atoms with Crippen LogP contribution in [-0.4, -0.2) is 31.2 Å². The van der Waals surface area contributed by atoms with Gasteiger partial charge in [-0.15, -0.1) is 0 Å². The quantitative estimate of drug-likeness (QED) is 0.888. The van der Waals surface area contributed by atoms with Gasteiger partial charge in [0.15, 0.2) is 11.5 Å². The molecule has 20 heavy (non-hydrogen) atoms. The highest BCUT2D eigenvalue weighted by molar-refractivity contribution is 5.79. The summed E-state index contributed by atoms with van der Waals surface area (Å²) in [6.45, 7) is 5.21. The molecule has 0 saturated heterocycles. The van der Waals surface area contributed by atoms with Crippen molar-refractivity contribution in [2.75, 3.05) is 20.4 Å².